The SMILES string of the molecule is CC(=O)N1CC[C@@H](NC(=O)c2ccc(O)cn2)C1. The van der Waals surface area contributed by atoms with E-state index in [1.165, 1.54) is 25.3 Å². The number of hydrogen-bond donors (Lipinski definition) is 2. The number of carbonyl (C=O) groups excluding carboxylic acids is 2. The van der Waals surface area contributed by atoms with E-state index in [1.54, 1.807) is 4.90 Å². The lowest BCUT2D eigenvalue weighted by atomic mass is 10.2. The molecule has 2 heterocycles. The molecular formula is C12H15N3O3. The number of nitrogens with one attached hydrogen (secondary N) is 1. The molecule has 0 aromatic carbocycles. The number of aromatic hydroxyl groups is 1. The van der Waals surface area contributed by atoms with Gasteiger partial charge in [-0.05, 0) is 18.6 Å². The Labute approximate surface area is 105 Å². The summed E-state index contributed by atoms with van der Waals surface area (Å²) in [5.41, 5.74) is 0.258. The largest absolute Gasteiger partial charge is 0.506 e. The molecule has 0 bridgehead atoms. The van der Waals surface area contributed by atoms with Gasteiger partial charge >= 0.3 is 0 Å². The van der Waals surface area contributed by atoms with Crippen molar-refractivity contribution in [3.8, 4) is 5.75 Å². The van der Waals surface area contributed by atoms with Crippen molar-refractivity contribution >= 4 is 11.8 Å². The first-order valence-corrected chi connectivity index (χ1v) is 5.77. The van der Waals surface area contributed by atoms with Crippen LogP contribution in [0.2, 0.25) is 0 Å². The molecule has 1 fully saturated rings. The fourth-order valence-electron chi connectivity index (χ4n) is 1.94. The monoisotopic (exact) mass is 249 g/mol. The highest BCUT2D eigenvalue weighted by molar-refractivity contribution is 5.92. The van der Waals surface area contributed by atoms with Crippen molar-refractivity contribution in [1.29, 1.82) is 0 Å². The van der Waals surface area contributed by atoms with Gasteiger partial charge in [0.15, 0.2) is 0 Å². The molecule has 6 heteroatoms. The second-order valence-corrected chi connectivity index (χ2v) is 4.33. The highest BCUT2D eigenvalue weighted by Crippen LogP contribution is 2.10. The van der Waals surface area contributed by atoms with E-state index in [1.807, 2.05) is 0 Å². The topological polar surface area (TPSA) is 82.5 Å². The predicted octanol–water partition coefficient (Wildman–Crippen LogP) is 0.138. The third-order valence-corrected chi connectivity index (χ3v) is 2.95. The van der Waals surface area contributed by atoms with Crippen LogP contribution < -0.4 is 5.32 Å². The van der Waals surface area contributed by atoms with Crippen LogP contribution in [0.4, 0.5) is 0 Å². The van der Waals surface area contributed by atoms with Gasteiger partial charge in [0.1, 0.15) is 11.4 Å². The molecule has 1 saturated heterocycles. The number of rotatable bonds is 2. The number of carbonyl (C=O) groups is 2. The molecule has 2 rings (SSSR count). The molecule has 1 aliphatic rings. The van der Waals surface area contributed by atoms with Gasteiger partial charge < -0.3 is 15.3 Å². The molecule has 96 valence electrons. The first kappa shape index (κ1) is 12.3. The molecule has 2 N–H and O–H groups in total. The summed E-state index contributed by atoms with van der Waals surface area (Å²) in [4.78, 5) is 28.5. The molecule has 1 atom stereocenters. The van der Waals surface area contributed by atoms with Crippen LogP contribution in [-0.4, -0.2) is 45.9 Å². The standard InChI is InChI=1S/C12H15N3O3/c1-8(16)15-5-4-9(7-15)14-12(18)11-3-2-10(17)6-13-11/h2-3,6,9,17H,4-5,7H2,1H3,(H,14,18)/t9-/m1/s1. The van der Waals surface area contributed by atoms with Gasteiger partial charge in [0.25, 0.3) is 5.91 Å². The summed E-state index contributed by atoms with van der Waals surface area (Å²) < 4.78 is 0. The average Bonchev–Trinajstić information content (AvgIpc) is 2.78. The summed E-state index contributed by atoms with van der Waals surface area (Å²) in [6.07, 6.45) is 1.98. The zero-order chi connectivity index (χ0) is 13.1. The van der Waals surface area contributed by atoms with Crippen molar-refractivity contribution in [2.75, 3.05) is 13.1 Å². The first-order chi connectivity index (χ1) is 8.56. The van der Waals surface area contributed by atoms with Crippen molar-refractivity contribution in [3.63, 3.8) is 0 Å². The fraction of sp³-hybridized carbons (Fsp3) is 0.417. The van der Waals surface area contributed by atoms with Crippen molar-refractivity contribution in [2.45, 2.75) is 19.4 Å². The van der Waals surface area contributed by atoms with E-state index in [0.717, 1.165) is 6.42 Å². The minimum absolute atomic E-state index is 0.0227. The number of pyridine rings is 1. The zero-order valence-electron chi connectivity index (χ0n) is 10.1. The van der Waals surface area contributed by atoms with Crippen LogP contribution in [0.1, 0.15) is 23.8 Å². The van der Waals surface area contributed by atoms with E-state index in [4.69, 9.17) is 5.11 Å². The number of likely N-dealkylation sites (tertiary alicyclic amines) is 1. The molecule has 0 unspecified atom stereocenters. The van der Waals surface area contributed by atoms with E-state index < -0.39 is 0 Å². The average molecular weight is 249 g/mol. The Balaban J connectivity index is 1.92. The van der Waals surface area contributed by atoms with Gasteiger partial charge in [0, 0.05) is 26.1 Å². The van der Waals surface area contributed by atoms with Crippen LogP contribution in [0, 0.1) is 0 Å². The summed E-state index contributed by atoms with van der Waals surface area (Å²) in [6, 6.07) is 2.85. The maximum absolute atomic E-state index is 11.8. The minimum Gasteiger partial charge on any atom is -0.506 e. The van der Waals surface area contributed by atoms with Crippen LogP contribution >= 0.6 is 0 Å². The smallest absolute Gasteiger partial charge is 0.270 e. The second kappa shape index (κ2) is 5.03. The summed E-state index contributed by atoms with van der Waals surface area (Å²) in [6.45, 7) is 2.73. The van der Waals surface area contributed by atoms with Gasteiger partial charge in [0.05, 0.1) is 6.20 Å². The molecule has 0 saturated carbocycles. The van der Waals surface area contributed by atoms with Crippen LogP contribution in [-0.2, 0) is 4.79 Å². The molecule has 2 amide bonds. The number of aromatic nitrogens is 1. The Bertz CT molecular complexity index is 458. The molecule has 0 spiro atoms. The third kappa shape index (κ3) is 2.77. The van der Waals surface area contributed by atoms with E-state index in [2.05, 4.69) is 10.3 Å². The van der Waals surface area contributed by atoms with Crippen molar-refractivity contribution in [1.82, 2.24) is 15.2 Å². The summed E-state index contributed by atoms with van der Waals surface area (Å²) >= 11 is 0. The second-order valence-electron chi connectivity index (χ2n) is 4.33. The van der Waals surface area contributed by atoms with E-state index in [0.29, 0.717) is 13.1 Å². The van der Waals surface area contributed by atoms with Crippen LogP contribution in [0.3, 0.4) is 0 Å². The normalized spacial score (nSPS) is 18.7. The summed E-state index contributed by atoms with van der Waals surface area (Å²) in [5, 5.41) is 11.9. The molecule has 0 radical (unpaired) electrons. The van der Waals surface area contributed by atoms with Crippen molar-refractivity contribution in [2.24, 2.45) is 0 Å². The maximum atomic E-state index is 11.8. The number of amides is 2. The van der Waals surface area contributed by atoms with E-state index in [-0.39, 0.29) is 29.3 Å². The van der Waals surface area contributed by atoms with Gasteiger partial charge in [-0.15, -0.1) is 0 Å². The summed E-state index contributed by atoms with van der Waals surface area (Å²) in [7, 11) is 0. The van der Waals surface area contributed by atoms with Gasteiger partial charge in [-0.1, -0.05) is 0 Å². The van der Waals surface area contributed by atoms with Gasteiger partial charge in [-0.25, -0.2) is 4.98 Å². The molecule has 6 nitrogen and oxygen atoms in total. The highest BCUT2D eigenvalue weighted by atomic mass is 16.3. The lowest BCUT2D eigenvalue weighted by Crippen LogP contribution is -2.38. The zero-order valence-corrected chi connectivity index (χ0v) is 10.1. The first-order valence-electron chi connectivity index (χ1n) is 5.77. The Morgan fingerprint density at radius 3 is 2.83 bits per heavy atom. The van der Waals surface area contributed by atoms with Gasteiger partial charge in [-0.2, -0.15) is 0 Å². The van der Waals surface area contributed by atoms with Crippen LogP contribution in [0.5, 0.6) is 5.75 Å². The molecule has 1 aromatic heterocycles. The minimum atomic E-state index is -0.287. The number of nitrogens with zero attached hydrogens (tertiary/aromatic N) is 2. The van der Waals surface area contributed by atoms with Gasteiger partial charge in [-0.3, -0.25) is 9.59 Å². The Hall–Kier alpha value is -2.11. The summed E-state index contributed by atoms with van der Waals surface area (Å²) in [5.74, 6) is -0.241. The Morgan fingerprint density at radius 1 is 1.50 bits per heavy atom. The maximum Gasteiger partial charge on any atom is 0.270 e. The third-order valence-electron chi connectivity index (χ3n) is 2.95. The number of hydrogen-bond acceptors (Lipinski definition) is 4. The lowest BCUT2D eigenvalue weighted by Gasteiger charge is -2.14. The Kier molecular flexibility index (Phi) is 3.45. The van der Waals surface area contributed by atoms with Crippen molar-refractivity contribution < 1.29 is 14.7 Å². The van der Waals surface area contributed by atoms with Crippen molar-refractivity contribution in [3.05, 3.63) is 24.0 Å². The molecule has 1 aliphatic heterocycles. The lowest BCUT2D eigenvalue weighted by molar-refractivity contribution is -0.127. The molecule has 0 aliphatic carbocycles. The van der Waals surface area contributed by atoms with Crippen LogP contribution in [0.25, 0.3) is 0 Å². The van der Waals surface area contributed by atoms with E-state index >= 15 is 0 Å². The van der Waals surface area contributed by atoms with Crippen LogP contribution in [0.15, 0.2) is 18.3 Å². The Morgan fingerprint density at radius 2 is 2.28 bits per heavy atom. The quantitative estimate of drug-likeness (QED) is 0.781. The van der Waals surface area contributed by atoms with E-state index in [9.17, 15) is 9.59 Å². The molecule has 18 heavy (non-hydrogen) atoms. The fourth-order valence-corrected chi connectivity index (χ4v) is 1.94. The predicted molar refractivity (Wildman–Crippen MR) is 64.0 cm³/mol. The molecule has 1 aromatic rings. The highest BCUT2D eigenvalue weighted by Gasteiger charge is 2.25. The van der Waals surface area contributed by atoms with Gasteiger partial charge in [0.2, 0.25) is 5.91 Å². The molecular weight excluding hydrogens is 234 g/mol.